The molecule has 0 bridgehead atoms. The summed E-state index contributed by atoms with van der Waals surface area (Å²) in [4.78, 5) is 0. The van der Waals surface area contributed by atoms with Gasteiger partial charge in [0.2, 0.25) is 0 Å². The first-order chi connectivity index (χ1) is 6.06. The molecule has 1 aromatic heterocycles. The molecule has 2 nitrogen and oxygen atoms in total. The SMILES string of the molecule is C=C(C)Cn1c(C)cc(C)c1C#N. The van der Waals surface area contributed by atoms with Crippen LogP contribution in [0.2, 0.25) is 0 Å². The molecule has 0 aliphatic rings. The van der Waals surface area contributed by atoms with Crippen LogP contribution in [0, 0.1) is 25.2 Å². The van der Waals surface area contributed by atoms with Gasteiger partial charge in [0.25, 0.3) is 0 Å². The Labute approximate surface area is 79.1 Å². The summed E-state index contributed by atoms with van der Waals surface area (Å²) < 4.78 is 2.00. The van der Waals surface area contributed by atoms with Crippen LogP contribution in [0.5, 0.6) is 0 Å². The largest absolute Gasteiger partial charge is 0.333 e. The molecule has 0 saturated carbocycles. The number of allylic oxidation sites excluding steroid dienone is 1. The molecule has 13 heavy (non-hydrogen) atoms. The molecule has 0 aliphatic carbocycles. The zero-order chi connectivity index (χ0) is 10.0. The van der Waals surface area contributed by atoms with Crippen molar-refractivity contribution in [3.8, 4) is 6.07 Å². The standard InChI is InChI=1S/C11H14N2/c1-8(2)7-13-10(4)5-9(3)11(13)6-12/h5H,1,7H2,2-4H3. The fourth-order valence-corrected chi connectivity index (χ4v) is 1.47. The Hall–Kier alpha value is -1.49. The van der Waals surface area contributed by atoms with Crippen LogP contribution in [0.15, 0.2) is 18.2 Å². The second-order valence-electron chi connectivity index (χ2n) is 3.47. The van der Waals surface area contributed by atoms with Gasteiger partial charge in [-0.25, -0.2) is 0 Å². The highest BCUT2D eigenvalue weighted by atomic mass is 15.0. The summed E-state index contributed by atoms with van der Waals surface area (Å²) in [5.41, 5.74) is 3.98. The van der Waals surface area contributed by atoms with Crippen LogP contribution in [-0.4, -0.2) is 4.57 Å². The highest BCUT2D eigenvalue weighted by molar-refractivity contribution is 5.36. The lowest BCUT2D eigenvalue weighted by Crippen LogP contribution is -2.03. The minimum atomic E-state index is 0.739. The van der Waals surface area contributed by atoms with Crippen molar-refractivity contribution < 1.29 is 0 Å². The van der Waals surface area contributed by atoms with Gasteiger partial charge in [-0.2, -0.15) is 5.26 Å². The molecule has 1 heterocycles. The van der Waals surface area contributed by atoms with E-state index in [2.05, 4.69) is 12.6 Å². The van der Waals surface area contributed by atoms with E-state index in [4.69, 9.17) is 5.26 Å². The van der Waals surface area contributed by atoms with Crippen molar-refractivity contribution in [3.63, 3.8) is 0 Å². The Bertz CT molecular complexity index is 378. The Morgan fingerprint density at radius 2 is 2.23 bits per heavy atom. The molecule has 0 spiro atoms. The number of nitrogens with zero attached hydrogens (tertiary/aromatic N) is 2. The number of hydrogen-bond donors (Lipinski definition) is 0. The first-order valence-corrected chi connectivity index (χ1v) is 4.27. The van der Waals surface area contributed by atoms with Crippen LogP contribution >= 0.6 is 0 Å². The Kier molecular flexibility index (Phi) is 2.57. The molecule has 1 aromatic rings. The van der Waals surface area contributed by atoms with Gasteiger partial charge in [-0.1, -0.05) is 12.2 Å². The zero-order valence-electron chi connectivity index (χ0n) is 8.39. The monoisotopic (exact) mass is 174 g/mol. The molecule has 0 fully saturated rings. The van der Waals surface area contributed by atoms with Crippen molar-refractivity contribution in [1.29, 1.82) is 5.26 Å². The first kappa shape index (κ1) is 9.60. The maximum atomic E-state index is 8.92. The summed E-state index contributed by atoms with van der Waals surface area (Å²) >= 11 is 0. The average molecular weight is 174 g/mol. The summed E-state index contributed by atoms with van der Waals surface area (Å²) in [7, 11) is 0. The summed E-state index contributed by atoms with van der Waals surface area (Å²) in [6.07, 6.45) is 0. The minimum Gasteiger partial charge on any atom is -0.333 e. The molecule has 0 N–H and O–H groups in total. The van der Waals surface area contributed by atoms with Gasteiger partial charge < -0.3 is 4.57 Å². The summed E-state index contributed by atoms with van der Waals surface area (Å²) in [6.45, 7) is 10.5. The van der Waals surface area contributed by atoms with Gasteiger partial charge >= 0.3 is 0 Å². The van der Waals surface area contributed by atoms with Gasteiger partial charge in [0.05, 0.1) is 0 Å². The van der Waals surface area contributed by atoms with E-state index in [1.807, 2.05) is 31.4 Å². The third-order valence-electron chi connectivity index (χ3n) is 2.03. The minimum absolute atomic E-state index is 0.739. The quantitative estimate of drug-likeness (QED) is 0.633. The molecule has 0 unspecified atom stereocenters. The Morgan fingerprint density at radius 3 is 2.69 bits per heavy atom. The maximum Gasteiger partial charge on any atom is 0.123 e. The van der Waals surface area contributed by atoms with Crippen molar-refractivity contribution >= 4 is 0 Å². The van der Waals surface area contributed by atoms with Crippen LogP contribution in [0.25, 0.3) is 0 Å². The van der Waals surface area contributed by atoms with Crippen LogP contribution in [0.3, 0.4) is 0 Å². The van der Waals surface area contributed by atoms with E-state index < -0.39 is 0 Å². The van der Waals surface area contributed by atoms with Gasteiger partial charge in [0, 0.05) is 12.2 Å². The van der Waals surface area contributed by atoms with Gasteiger partial charge in [0.1, 0.15) is 11.8 Å². The van der Waals surface area contributed by atoms with E-state index >= 15 is 0 Å². The van der Waals surface area contributed by atoms with Gasteiger partial charge in [0.15, 0.2) is 0 Å². The molecule has 0 saturated heterocycles. The smallest absolute Gasteiger partial charge is 0.123 e. The predicted octanol–water partition coefficient (Wildman–Crippen LogP) is 2.55. The normalized spacial score (nSPS) is 9.69. The van der Waals surface area contributed by atoms with Crippen molar-refractivity contribution in [3.05, 3.63) is 35.2 Å². The van der Waals surface area contributed by atoms with Gasteiger partial charge in [-0.3, -0.25) is 0 Å². The van der Waals surface area contributed by atoms with E-state index in [9.17, 15) is 0 Å². The Morgan fingerprint density at radius 1 is 1.62 bits per heavy atom. The number of nitriles is 1. The Balaban J connectivity index is 3.19. The fourth-order valence-electron chi connectivity index (χ4n) is 1.47. The summed E-state index contributed by atoms with van der Waals surface area (Å²) in [5, 5.41) is 8.92. The van der Waals surface area contributed by atoms with E-state index in [0.717, 1.165) is 29.1 Å². The molecule has 0 aromatic carbocycles. The molecule has 2 heteroatoms. The lowest BCUT2D eigenvalue weighted by molar-refractivity contribution is 0.753. The number of rotatable bonds is 2. The summed E-state index contributed by atoms with van der Waals surface area (Å²) in [6, 6.07) is 4.24. The van der Waals surface area contributed by atoms with Gasteiger partial charge in [-0.05, 0) is 32.4 Å². The van der Waals surface area contributed by atoms with Gasteiger partial charge in [-0.15, -0.1) is 0 Å². The molecule has 0 atom stereocenters. The summed E-state index contributed by atoms with van der Waals surface area (Å²) in [5.74, 6) is 0. The van der Waals surface area contributed by atoms with E-state index in [-0.39, 0.29) is 0 Å². The topological polar surface area (TPSA) is 28.7 Å². The molecule has 0 aliphatic heterocycles. The second kappa shape index (κ2) is 3.49. The zero-order valence-corrected chi connectivity index (χ0v) is 8.39. The van der Waals surface area contributed by atoms with Crippen molar-refractivity contribution in [2.75, 3.05) is 0 Å². The molecule has 0 radical (unpaired) electrons. The van der Waals surface area contributed by atoms with Crippen LogP contribution in [-0.2, 0) is 6.54 Å². The molecule has 0 amide bonds. The first-order valence-electron chi connectivity index (χ1n) is 4.27. The molecule has 68 valence electrons. The van der Waals surface area contributed by atoms with Crippen molar-refractivity contribution in [2.45, 2.75) is 27.3 Å². The highest BCUT2D eigenvalue weighted by Gasteiger charge is 2.08. The lowest BCUT2D eigenvalue weighted by atomic mass is 10.3. The van der Waals surface area contributed by atoms with E-state index in [0.29, 0.717) is 0 Å². The maximum absolute atomic E-state index is 8.92. The predicted molar refractivity (Wildman–Crippen MR) is 53.4 cm³/mol. The van der Waals surface area contributed by atoms with Crippen LogP contribution in [0.1, 0.15) is 23.9 Å². The molecular weight excluding hydrogens is 160 g/mol. The lowest BCUT2D eigenvalue weighted by Gasteiger charge is -2.06. The fraction of sp³-hybridized carbons (Fsp3) is 0.364. The van der Waals surface area contributed by atoms with E-state index in [1.165, 1.54) is 0 Å². The number of aromatic nitrogens is 1. The highest BCUT2D eigenvalue weighted by Crippen LogP contribution is 2.15. The second-order valence-corrected chi connectivity index (χ2v) is 3.47. The number of hydrogen-bond acceptors (Lipinski definition) is 1. The average Bonchev–Trinajstić information content (AvgIpc) is 2.26. The third kappa shape index (κ3) is 1.81. The van der Waals surface area contributed by atoms with Crippen LogP contribution in [0.4, 0.5) is 0 Å². The van der Waals surface area contributed by atoms with Crippen LogP contribution < -0.4 is 0 Å². The van der Waals surface area contributed by atoms with Crippen molar-refractivity contribution in [2.24, 2.45) is 0 Å². The molecular formula is C11H14N2. The molecule has 1 rings (SSSR count). The number of aryl methyl sites for hydroxylation is 2. The van der Waals surface area contributed by atoms with E-state index in [1.54, 1.807) is 0 Å². The third-order valence-corrected chi connectivity index (χ3v) is 2.03. The van der Waals surface area contributed by atoms with Crippen molar-refractivity contribution in [1.82, 2.24) is 4.57 Å².